The lowest BCUT2D eigenvalue weighted by Gasteiger charge is -2.12. The molecule has 0 spiro atoms. The summed E-state index contributed by atoms with van der Waals surface area (Å²) >= 11 is 21.8. The molecule has 0 fully saturated rings. The van der Waals surface area contributed by atoms with Gasteiger partial charge in [0.15, 0.2) is 4.34 Å². The van der Waals surface area contributed by atoms with E-state index in [2.05, 4.69) is 9.71 Å². The second-order valence-corrected chi connectivity index (χ2v) is 11.9. The zero-order chi connectivity index (χ0) is 23.0. The number of hydrogen-bond donors (Lipinski definition) is 1. The van der Waals surface area contributed by atoms with Crippen LogP contribution in [0.1, 0.15) is 5.56 Å². The summed E-state index contributed by atoms with van der Waals surface area (Å²) in [4.78, 5) is 5.15. The summed E-state index contributed by atoms with van der Waals surface area (Å²) in [6, 6.07) is 13.4. The van der Waals surface area contributed by atoms with Crippen molar-refractivity contribution in [3.8, 4) is 5.75 Å². The summed E-state index contributed by atoms with van der Waals surface area (Å²) in [5.41, 5.74) is 1.90. The number of thiazole rings is 1. The molecule has 0 unspecified atom stereocenters. The Morgan fingerprint density at radius 2 is 1.72 bits per heavy atom. The number of benzene rings is 3. The van der Waals surface area contributed by atoms with Crippen LogP contribution in [0.5, 0.6) is 5.75 Å². The van der Waals surface area contributed by atoms with Crippen molar-refractivity contribution in [2.24, 2.45) is 0 Å². The Bertz CT molecular complexity index is 1420. The molecular weight excluding hydrogens is 531 g/mol. The fraction of sp³-hybridized carbons (Fsp3) is 0.0952. The van der Waals surface area contributed by atoms with Crippen LogP contribution < -0.4 is 9.46 Å². The third kappa shape index (κ3) is 4.95. The first kappa shape index (κ1) is 23.5. The van der Waals surface area contributed by atoms with Crippen LogP contribution in [0, 0.1) is 6.92 Å². The van der Waals surface area contributed by atoms with Gasteiger partial charge in [0.2, 0.25) is 0 Å². The summed E-state index contributed by atoms with van der Waals surface area (Å²) in [5, 5.41) is 0.730. The molecule has 1 aromatic heterocycles. The molecule has 0 aliphatic carbocycles. The predicted molar refractivity (Wildman–Crippen MR) is 134 cm³/mol. The Labute approximate surface area is 208 Å². The molecular formula is C21H15Cl3N2O3S3. The highest BCUT2D eigenvalue weighted by Crippen LogP contribution is 2.43. The Kier molecular flexibility index (Phi) is 6.81. The Balaban J connectivity index is 1.61. The van der Waals surface area contributed by atoms with Gasteiger partial charge in [0.1, 0.15) is 10.6 Å². The molecule has 0 saturated heterocycles. The maximum Gasteiger partial charge on any atom is 0.263 e. The molecule has 32 heavy (non-hydrogen) atoms. The van der Waals surface area contributed by atoms with Crippen molar-refractivity contribution in [3.05, 3.63) is 69.2 Å². The van der Waals surface area contributed by atoms with E-state index in [1.54, 1.807) is 19.2 Å². The second-order valence-electron chi connectivity index (χ2n) is 6.72. The minimum Gasteiger partial charge on any atom is -0.497 e. The normalized spacial score (nSPS) is 11.7. The Morgan fingerprint density at radius 1 is 1.00 bits per heavy atom. The van der Waals surface area contributed by atoms with Crippen molar-refractivity contribution >= 4 is 83.8 Å². The number of nitrogens with zero attached hydrogens (tertiary/aromatic N) is 1. The first-order valence-corrected chi connectivity index (χ1v) is 13.3. The van der Waals surface area contributed by atoms with Gasteiger partial charge in [-0.25, -0.2) is 13.4 Å². The van der Waals surface area contributed by atoms with E-state index >= 15 is 0 Å². The van der Waals surface area contributed by atoms with Gasteiger partial charge in [-0.15, -0.1) is 11.3 Å². The van der Waals surface area contributed by atoms with Gasteiger partial charge in [-0.1, -0.05) is 52.6 Å². The third-order valence-electron chi connectivity index (χ3n) is 4.39. The number of ether oxygens (including phenoxy) is 1. The number of aromatic nitrogens is 1. The topological polar surface area (TPSA) is 68.3 Å². The number of anilines is 1. The predicted octanol–water partition coefficient (Wildman–Crippen LogP) is 7.53. The van der Waals surface area contributed by atoms with Gasteiger partial charge in [-0.2, -0.15) is 0 Å². The summed E-state index contributed by atoms with van der Waals surface area (Å²) in [6.45, 7) is 1.83. The second kappa shape index (κ2) is 9.29. The van der Waals surface area contributed by atoms with Gasteiger partial charge in [0.05, 0.1) is 43.0 Å². The molecule has 166 valence electrons. The molecule has 1 N–H and O–H groups in total. The van der Waals surface area contributed by atoms with Crippen molar-refractivity contribution < 1.29 is 13.2 Å². The molecule has 0 atom stereocenters. The van der Waals surface area contributed by atoms with Crippen LogP contribution in [0.25, 0.3) is 10.2 Å². The van der Waals surface area contributed by atoms with Gasteiger partial charge < -0.3 is 4.74 Å². The molecule has 0 aliphatic rings. The molecule has 3 aromatic carbocycles. The standard InChI is InChI=1S/C21H15Cl3N2O3S3/c1-11-3-6-19(14(22)7-11)32(27,28)26-12-8-15(23)20(16(24)9-12)31-21-25-17-10-13(29-2)4-5-18(17)30-21/h3-10,26H,1-2H3. The number of halogens is 3. The van der Waals surface area contributed by atoms with Crippen LogP contribution in [0.3, 0.4) is 0 Å². The number of hydrogen-bond acceptors (Lipinski definition) is 6. The van der Waals surface area contributed by atoms with Gasteiger partial charge in [0, 0.05) is 6.07 Å². The largest absolute Gasteiger partial charge is 0.497 e. The molecule has 5 nitrogen and oxygen atoms in total. The van der Waals surface area contributed by atoms with Crippen LogP contribution in [0.15, 0.2) is 62.7 Å². The van der Waals surface area contributed by atoms with Crippen LogP contribution in [0.2, 0.25) is 15.1 Å². The van der Waals surface area contributed by atoms with Crippen molar-refractivity contribution in [3.63, 3.8) is 0 Å². The number of sulfonamides is 1. The van der Waals surface area contributed by atoms with Gasteiger partial charge in [-0.05, 0) is 48.9 Å². The average Bonchev–Trinajstić information content (AvgIpc) is 3.11. The van der Waals surface area contributed by atoms with Gasteiger partial charge in [-0.3, -0.25) is 4.72 Å². The first-order chi connectivity index (χ1) is 15.2. The van der Waals surface area contributed by atoms with Gasteiger partial charge in [0.25, 0.3) is 10.0 Å². The molecule has 0 amide bonds. The molecule has 0 bridgehead atoms. The molecule has 0 radical (unpaired) electrons. The van der Waals surface area contributed by atoms with Crippen molar-refractivity contribution in [2.45, 2.75) is 21.1 Å². The van der Waals surface area contributed by atoms with Crippen molar-refractivity contribution in [2.75, 3.05) is 11.8 Å². The fourth-order valence-corrected chi connectivity index (χ4v) is 7.25. The third-order valence-corrected chi connectivity index (χ3v) is 9.32. The smallest absolute Gasteiger partial charge is 0.263 e. The van der Waals surface area contributed by atoms with E-state index < -0.39 is 10.0 Å². The van der Waals surface area contributed by atoms with Crippen LogP contribution in [0.4, 0.5) is 5.69 Å². The summed E-state index contributed by atoms with van der Waals surface area (Å²) in [6.07, 6.45) is 0. The number of methoxy groups -OCH3 is 1. The summed E-state index contributed by atoms with van der Waals surface area (Å²) < 4.78 is 35.0. The lowest BCUT2D eigenvalue weighted by atomic mass is 10.2. The zero-order valence-electron chi connectivity index (χ0n) is 16.6. The highest BCUT2D eigenvalue weighted by atomic mass is 35.5. The van der Waals surface area contributed by atoms with E-state index in [0.29, 0.717) is 14.9 Å². The van der Waals surface area contributed by atoms with Crippen molar-refractivity contribution in [1.29, 1.82) is 0 Å². The highest BCUT2D eigenvalue weighted by Gasteiger charge is 2.20. The molecule has 11 heteroatoms. The van der Waals surface area contributed by atoms with Crippen molar-refractivity contribution in [1.82, 2.24) is 4.98 Å². The maximum absolute atomic E-state index is 12.8. The summed E-state index contributed by atoms with van der Waals surface area (Å²) in [7, 11) is -2.32. The minimum atomic E-state index is -3.92. The SMILES string of the molecule is COc1ccc2sc(Sc3c(Cl)cc(NS(=O)(=O)c4ccc(C)cc4Cl)cc3Cl)nc2c1. The number of fused-ring (bicyclic) bond motifs is 1. The van der Waals surface area contributed by atoms with E-state index in [4.69, 9.17) is 39.5 Å². The Morgan fingerprint density at radius 3 is 2.38 bits per heavy atom. The average molecular weight is 546 g/mol. The fourth-order valence-electron chi connectivity index (χ4n) is 2.89. The van der Waals surface area contributed by atoms with E-state index in [9.17, 15) is 8.42 Å². The quantitative estimate of drug-likeness (QED) is 0.271. The monoisotopic (exact) mass is 544 g/mol. The maximum atomic E-state index is 12.8. The lowest BCUT2D eigenvalue weighted by Crippen LogP contribution is -2.13. The number of nitrogens with one attached hydrogen (secondary N) is 1. The Hall–Kier alpha value is -1.68. The van der Waals surface area contributed by atoms with E-state index in [1.807, 2.05) is 25.1 Å². The van der Waals surface area contributed by atoms with Crippen LogP contribution in [-0.4, -0.2) is 20.5 Å². The molecule has 1 heterocycles. The van der Waals surface area contributed by atoms with E-state index in [1.165, 1.54) is 41.3 Å². The number of aryl methyl sites for hydroxylation is 1. The molecule has 4 rings (SSSR count). The first-order valence-electron chi connectivity index (χ1n) is 9.07. The number of rotatable bonds is 6. The van der Waals surface area contributed by atoms with Crippen LogP contribution in [-0.2, 0) is 10.0 Å². The highest BCUT2D eigenvalue weighted by molar-refractivity contribution is 8.01. The molecule has 4 aromatic rings. The minimum absolute atomic E-state index is 0.0274. The lowest BCUT2D eigenvalue weighted by molar-refractivity contribution is 0.415. The zero-order valence-corrected chi connectivity index (χ0v) is 21.4. The summed E-state index contributed by atoms with van der Waals surface area (Å²) in [5.74, 6) is 0.723. The van der Waals surface area contributed by atoms with Crippen LogP contribution >= 0.6 is 57.9 Å². The van der Waals surface area contributed by atoms with Gasteiger partial charge >= 0.3 is 0 Å². The van der Waals surface area contributed by atoms with E-state index in [-0.39, 0.29) is 15.6 Å². The van der Waals surface area contributed by atoms with E-state index in [0.717, 1.165) is 25.9 Å². The molecule has 0 aliphatic heterocycles. The molecule has 0 saturated carbocycles.